The van der Waals surface area contributed by atoms with Gasteiger partial charge in [-0.25, -0.2) is 0 Å². The molecule has 26 heavy (non-hydrogen) atoms. The fourth-order valence-electron chi connectivity index (χ4n) is 3.21. The van der Waals surface area contributed by atoms with Crippen molar-refractivity contribution in [2.45, 2.75) is 19.4 Å². The second-order valence-corrected chi connectivity index (χ2v) is 6.72. The van der Waals surface area contributed by atoms with Crippen LogP contribution in [0.15, 0.2) is 54.9 Å². The SMILES string of the molecule is O=C(CCn1ncc2cc(Cl)ccc21)NCCc1c[nH]c2ccccc12. The summed E-state index contributed by atoms with van der Waals surface area (Å²) in [5.41, 5.74) is 3.33. The van der Waals surface area contributed by atoms with Gasteiger partial charge in [-0.2, -0.15) is 5.10 Å². The van der Waals surface area contributed by atoms with Crippen LogP contribution < -0.4 is 5.32 Å². The minimum Gasteiger partial charge on any atom is -0.361 e. The van der Waals surface area contributed by atoms with Gasteiger partial charge in [-0.3, -0.25) is 9.48 Å². The third kappa shape index (κ3) is 3.44. The Morgan fingerprint density at radius 1 is 1.23 bits per heavy atom. The van der Waals surface area contributed by atoms with Crippen LogP contribution in [0, 0.1) is 0 Å². The van der Waals surface area contributed by atoms with E-state index in [9.17, 15) is 4.79 Å². The highest BCUT2D eigenvalue weighted by Crippen LogP contribution is 2.19. The van der Waals surface area contributed by atoms with Crippen molar-refractivity contribution in [3.63, 3.8) is 0 Å². The lowest BCUT2D eigenvalue weighted by Gasteiger charge is -2.06. The molecule has 0 aliphatic rings. The molecule has 1 amide bonds. The molecule has 2 N–H and O–H groups in total. The molecule has 4 aromatic rings. The maximum atomic E-state index is 12.1. The Morgan fingerprint density at radius 3 is 3.04 bits per heavy atom. The Hall–Kier alpha value is -2.79. The normalized spacial score (nSPS) is 11.3. The first-order valence-corrected chi connectivity index (χ1v) is 9.01. The minimum absolute atomic E-state index is 0.0301. The highest BCUT2D eigenvalue weighted by molar-refractivity contribution is 6.31. The number of carbonyl (C=O) groups excluding carboxylic acids is 1. The molecule has 0 saturated carbocycles. The van der Waals surface area contributed by atoms with Gasteiger partial charge in [0.05, 0.1) is 18.3 Å². The monoisotopic (exact) mass is 366 g/mol. The number of aromatic nitrogens is 3. The van der Waals surface area contributed by atoms with Crippen molar-refractivity contribution in [1.82, 2.24) is 20.1 Å². The molecular formula is C20H19ClN4O. The summed E-state index contributed by atoms with van der Waals surface area (Å²) in [6.45, 7) is 1.17. The standard InChI is InChI=1S/C20H19ClN4O/c21-16-5-6-19-15(11-16)13-24-25(19)10-8-20(26)22-9-7-14-12-23-18-4-2-1-3-17(14)18/h1-6,11-13,23H,7-10H2,(H,22,26). The number of para-hydroxylation sites is 1. The lowest BCUT2D eigenvalue weighted by molar-refractivity contribution is -0.121. The zero-order chi connectivity index (χ0) is 17.9. The Kier molecular flexibility index (Phi) is 4.63. The number of aryl methyl sites for hydroxylation is 1. The summed E-state index contributed by atoms with van der Waals surface area (Å²) < 4.78 is 1.84. The summed E-state index contributed by atoms with van der Waals surface area (Å²) in [5.74, 6) is 0.0301. The summed E-state index contributed by atoms with van der Waals surface area (Å²) in [6, 6.07) is 13.8. The zero-order valence-corrected chi connectivity index (χ0v) is 15.0. The van der Waals surface area contributed by atoms with Gasteiger partial charge in [0.15, 0.2) is 0 Å². The van der Waals surface area contributed by atoms with E-state index in [1.165, 1.54) is 10.9 Å². The molecule has 6 heteroatoms. The molecule has 132 valence electrons. The van der Waals surface area contributed by atoms with E-state index < -0.39 is 0 Å². The number of hydrogen-bond donors (Lipinski definition) is 2. The highest BCUT2D eigenvalue weighted by atomic mass is 35.5. The first-order chi connectivity index (χ1) is 12.7. The number of rotatable bonds is 6. The average Bonchev–Trinajstić information content (AvgIpc) is 3.24. The summed E-state index contributed by atoms with van der Waals surface area (Å²) in [6.07, 6.45) is 4.99. The molecule has 0 spiro atoms. The second kappa shape index (κ2) is 7.22. The fourth-order valence-corrected chi connectivity index (χ4v) is 3.39. The molecular weight excluding hydrogens is 348 g/mol. The molecule has 0 saturated heterocycles. The Labute approximate surface area is 156 Å². The smallest absolute Gasteiger partial charge is 0.221 e. The topological polar surface area (TPSA) is 62.7 Å². The van der Waals surface area contributed by atoms with Crippen LogP contribution in [-0.4, -0.2) is 27.2 Å². The van der Waals surface area contributed by atoms with Crippen LogP contribution in [0.2, 0.25) is 5.02 Å². The van der Waals surface area contributed by atoms with Gasteiger partial charge >= 0.3 is 0 Å². The predicted molar refractivity (Wildman–Crippen MR) is 104 cm³/mol. The van der Waals surface area contributed by atoms with Crippen molar-refractivity contribution >= 4 is 39.3 Å². The third-order valence-electron chi connectivity index (χ3n) is 4.55. The van der Waals surface area contributed by atoms with Crippen molar-refractivity contribution in [3.05, 3.63) is 65.4 Å². The van der Waals surface area contributed by atoms with Crippen LogP contribution in [-0.2, 0) is 17.8 Å². The Bertz CT molecular complexity index is 1070. The van der Waals surface area contributed by atoms with Gasteiger partial charge in [-0.1, -0.05) is 29.8 Å². The summed E-state index contributed by atoms with van der Waals surface area (Å²) in [5, 5.41) is 10.2. The molecule has 2 aromatic heterocycles. The molecule has 0 unspecified atom stereocenters. The maximum Gasteiger partial charge on any atom is 0.221 e. The van der Waals surface area contributed by atoms with Gasteiger partial charge in [0.25, 0.3) is 0 Å². The molecule has 0 atom stereocenters. The zero-order valence-electron chi connectivity index (χ0n) is 14.2. The molecule has 2 aromatic carbocycles. The number of carbonyl (C=O) groups is 1. The predicted octanol–water partition coefficient (Wildman–Crippen LogP) is 3.92. The summed E-state index contributed by atoms with van der Waals surface area (Å²) in [7, 11) is 0. The highest BCUT2D eigenvalue weighted by Gasteiger charge is 2.07. The minimum atomic E-state index is 0.0301. The van der Waals surface area contributed by atoms with E-state index in [4.69, 9.17) is 11.6 Å². The van der Waals surface area contributed by atoms with Crippen LogP contribution in [0.5, 0.6) is 0 Å². The fraction of sp³-hybridized carbons (Fsp3) is 0.200. The number of nitrogens with one attached hydrogen (secondary N) is 2. The van der Waals surface area contributed by atoms with Crippen molar-refractivity contribution < 1.29 is 4.79 Å². The molecule has 5 nitrogen and oxygen atoms in total. The van der Waals surface area contributed by atoms with E-state index in [1.807, 2.05) is 41.2 Å². The number of aromatic amines is 1. The lowest BCUT2D eigenvalue weighted by atomic mass is 10.1. The number of nitrogens with zero attached hydrogens (tertiary/aromatic N) is 2. The largest absolute Gasteiger partial charge is 0.361 e. The van der Waals surface area contributed by atoms with E-state index in [2.05, 4.69) is 27.5 Å². The Balaban J connectivity index is 1.30. The van der Waals surface area contributed by atoms with E-state index in [0.717, 1.165) is 22.8 Å². The molecule has 0 bridgehead atoms. The molecule has 4 rings (SSSR count). The molecule has 2 heterocycles. The number of amides is 1. The van der Waals surface area contributed by atoms with E-state index in [1.54, 1.807) is 6.20 Å². The van der Waals surface area contributed by atoms with Gasteiger partial charge in [0.1, 0.15) is 0 Å². The van der Waals surface area contributed by atoms with Gasteiger partial charge < -0.3 is 10.3 Å². The van der Waals surface area contributed by atoms with Gasteiger partial charge in [-0.15, -0.1) is 0 Å². The van der Waals surface area contributed by atoms with E-state index >= 15 is 0 Å². The number of halogens is 1. The van der Waals surface area contributed by atoms with Crippen LogP contribution in [0.25, 0.3) is 21.8 Å². The van der Waals surface area contributed by atoms with Crippen molar-refractivity contribution in [2.75, 3.05) is 6.54 Å². The summed E-state index contributed by atoms with van der Waals surface area (Å²) in [4.78, 5) is 15.4. The van der Waals surface area contributed by atoms with E-state index in [-0.39, 0.29) is 5.91 Å². The van der Waals surface area contributed by atoms with Crippen LogP contribution in [0.3, 0.4) is 0 Å². The number of H-pyrrole nitrogens is 1. The maximum absolute atomic E-state index is 12.1. The van der Waals surface area contributed by atoms with Crippen molar-refractivity contribution in [1.29, 1.82) is 0 Å². The van der Waals surface area contributed by atoms with Crippen LogP contribution in [0.1, 0.15) is 12.0 Å². The van der Waals surface area contributed by atoms with Gasteiger partial charge in [0.2, 0.25) is 5.91 Å². The molecule has 0 aliphatic carbocycles. The summed E-state index contributed by atoms with van der Waals surface area (Å²) >= 11 is 5.99. The molecule has 0 radical (unpaired) electrons. The van der Waals surface area contributed by atoms with Crippen molar-refractivity contribution in [2.24, 2.45) is 0 Å². The second-order valence-electron chi connectivity index (χ2n) is 6.28. The third-order valence-corrected chi connectivity index (χ3v) is 4.78. The first kappa shape index (κ1) is 16.7. The van der Waals surface area contributed by atoms with Gasteiger partial charge in [-0.05, 0) is 36.2 Å². The number of hydrogen-bond acceptors (Lipinski definition) is 2. The van der Waals surface area contributed by atoms with Crippen LogP contribution in [0.4, 0.5) is 0 Å². The van der Waals surface area contributed by atoms with E-state index in [0.29, 0.717) is 24.5 Å². The van der Waals surface area contributed by atoms with Crippen LogP contribution >= 0.6 is 11.6 Å². The molecule has 0 fully saturated rings. The number of benzene rings is 2. The Morgan fingerprint density at radius 2 is 2.12 bits per heavy atom. The number of fused-ring (bicyclic) bond motifs is 2. The first-order valence-electron chi connectivity index (χ1n) is 8.63. The molecule has 0 aliphatic heterocycles. The quantitative estimate of drug-likeness (QED) is 0.543. The lowest BCUT2D eigenvalue weighted by Crippen LogP contribution is -2.26. The van der Waals surface area contributed by atoms with Crippen molar-refractivity contribution in [3.8, 4) is 0 Å². The average molecular weight is 367 g/mol. The van der Waals surface area contributed by atoms with Gasteiger partial charge in [0, 0.05) is 40.5 Å².